The summed E-state index contributed by atoms with van der Waals surface area (Å²) in [6, 6.07) is 18.3. The molecule has 0 radical (unpaired) electrons. The van der Waals surface area contributed by atoms with Gasteiger partial charge in [-0.05, 0) is 12.0 Å². The van der Waals surface area contributed by atoms with E-state index in [2.05, 4.69) is 0 Å². The van der Waals surface area contributed by atoms with Crippen molar-refractivity contribution in [2.75, 3.05) is 0 Å². The van der Waals surface area contributed by atoms with Crippen LogP contribution in [-0.4, -0.2) is 4.92 Å². The smallest absolute Gasteiger partial charge is 0.244 e. The Hall–Kier alpha value is -2.16. The first-order valence-electron chi connectivity index (χ1n) is 6.47. The average Bonchev–Trinajstić information content (AvgIpc) is 2.46. The minimum absolute atomic E-state index is 0.0985. The molecular formula is C16H17NO2. The summed E-state index contributed by atoms with van der Waals surface area (Å²) in [5.41, 5.74) is 1.79. The molecule has 0 fully saturated rings. The SMILES string of the molecule is CC[C@@H](c1ccccc1)C(c1ccccc1)[N+](=O)[O-]. The third-order valence-corrected chi connectivity index (χ3v) is 3.42. The third-order valence-electron chi connectivity index (χ3n) is 3.42. The van der Waals surface area contributed by atoms with Gasteiger partial charge in [-0.1, -0.05) is 67.6 Å². The van der Waals surface area contributed by atoms with E-state index in [1.807, 2.05) is 67.6 Å². The van der Waals surface area contributed by atoms with Crippen LogP contribution in [0.3, 0.4) is 0 Å². The van der Waals surface area contributed by atoms with Crippen molar-refractivity contribution in [1.29, 1.82) is 0 Å². The lowest BCUT2D eigenvalue weighted by atomic mass is 9.85. The first kappa shape index (κ1) is 13.3. The highest BCUT2D eigenvalue weighted by atomic mass is 16.6. The Balaban J connectivity index is 2.41. The summed E-state index contributed by atoms with van der Waals surface area (Å²) in [4.78, 5) is 11.3. The fourth-order valence-corrected chi connectivity index (χ4v) is 2.49. The summed E-state index contributed by atoms with van der Waals surface area (Å²) >= 11 is 0. The predicted molar refractivity (Wildman–Crippen MR) is 75.7 cm³/mol. The Labute approximate surface area is 113 Å². The summed E-state index contributed by atoms with van der Waals surface area (Å²) in [5, 5.41) is 11.5. The third kappa shape index (κ3) is 2.99. The minimum Gasteiger partial charge on any atom is -0.264 e. The van der Waals surface area contributed by atoms with Crippen LogP contribution in [0.25, 0.3) is 0 Å². The molecule has 0 spiro atoms. The lowest BCUT2D eigenvalue weighted by Crippen LogP contribution is -2.19. The number of nitrogens with zero attached hydrogens (tertiary/aromatic N) is 1. The van der Waals surface area contributed by atoms with Crippen molar-refractivity contribution in [3.63, 3.8) is 0 Å². The Morgan fingerprint density at radius 1 is 0.947 bits per heavy atom. The fraction of sp³-hybridized carbons (Fsp3) is 0.250. The maximum atomic E-state index is 11.5. The van der Waals surface area contributed by atoms with Crippen LogP contribution in [0.1, 0.15) is 36.4 Å². The summed E-state index contributed by atoms with van der Waals surface area (Å²) < 4.78 is 0. The van der Waals surface area contributed by atoms with Crippen LogP contribution in [0.5, 0.6) is 0 Å². The predicted octanol–water partition coefficient (Wildman–Crippen LogP) is 4.20. The molecule has 0 N–H and O–H groups in total. The zero-order chi connectivity index (χ0) is 13.7. The molecule has 0 aliphatic carbocycles. The molecule has 2 aromatic carbocycles. The van der Waals surface area contributed by atoms with Gasteiger partial charge in [0.05, 0.1) is 5.92 Å². The summed E-state index contributed by atoms with van der Waals surface area (Å²) in [6.07, 6.45) is 0.741. The van der Waals surface area contributed by atoms with Gasteiger partial charge in [0.15, 0.2) is 0 Å². The lowest BCUT2D eigenvalue weighted by Gasteiger charge is -2.20. The van der Waals surface area contributed by atoms with E-state index in [4.69, 9.17) is 0 Å². The molecule has 3 heteroatoms. The molecule has 98 valence electrons. The fourth-order valence-electron chi connectivity index (χ4n) is 2.49. The second-order valence-corrected chi connectivity index (χ2v) is 4.57. The molecule has 0 aliphatic rings. The second kappa shape index (κ2) is 6.14. The molecule has 0 heterocycles. The first-order chi connectivity index (χ1) is 9.24. The molecule has 2 atom stereocenters. The van der Waals surface area contributed by atoms with Crippen LogP contribution in [0, 0.1) is 10.1 Å². The molecule has 2 rings (SSSR count). The standard InChI is InChI=1S/C16H17NO2/c1-2-15(13-9-5-3-6-10-13)16(17(18)19)14-11-7-4-8-12-14/h3-12,15-16H,2H2,1H3/t15-,16?/m0/s1. The van der Waals surface area contributed by atoms with Crippen LogP contribution in [-0.2, 0) is 0 Å². The summed E-state index contributed by atoms with van der Waals surface area (Å²) in [6.45, 7) is 2.00. The van der Waals surface area contributed by atoms with Crippen LogP contribution < -0.4 is 0 Å². The molecule has 2 aromatic rings. The normalized spacial score (nSPS) is 13.7. The van der Waals surface area contributed by atoms with Gasteiger partial charge < -0.3 is 0 Å². The van der Waals surface area contributed by atoms with Crippen molar-refractivity contribution in [2.45, 2.75) is 25.3 Å². The Kier molecular flexibility index (Phi) is 4.29. The van der Waals surface area contributed by atoms with Gasteiger partial charge in [0.1, 0.15) is 0 Å². The van der Waals surface area contributed by atoms with Crippen molar-refractivity contribution in [2.24, 2.45) is 0 Å². The molecule has 0 aromatic heterocycles. The number of nitro groups is 1. The van der Waals surface area contributed by atoms with Crippen LogP contribution in [0.15, 0.2) is 60.7 Å². The van der Waals surface area contributed by atoms with E-state index >= 15 is 0 Å². The highest BCUT2D eigenvalue weighted by molar-refractivity contribution is 5.26. The number of benzene rings is 2. The van der Waals surface area contributed by atoms with E-state index in [1.54, 1.807) is 0 Å². The number of hydrogen-bond donors (Lipinski definition) is 0. The molecule has 0 aliphatic heterocycles. The second-order valence-electron chi connectivity index (χ2n) is 4.57. The maximum Gasteiger partial charge on any atom is 0.244 e. The van der Waals surface area contributed by atoms with Crippen molar-refractivity contribution in [1.82, 2.24) is 0 Å². The number of hydrogen-bond acceptors (Lipinski definition) is 2. The van der Waals surface area contributed by atoms with E-state index in [9.17, 15) is 10.1 Å². The Morgan fingerprint density at radius 2 is 1.42 bits per heavy atom. The van der Waals surface area contributed by atoms with Crippen LogP contribution in [0.2, 0.25) is 0 Å². The van der Waals surface area contributed by atoms with Crippen molar-refractivity contribution in [3.8, 4) is 0 Å². The average molecular weight is 255 g/mol. The maximum absolute atomic E-state index is 11.5. The van der Waals surface area contributed by atoms with Gasteiger partial charge in [0.2, 0.25) is 6.04 Å². The van der Waals surface area contributed by atoms with Gasteiger partial charge in [-0.2, -0.15) is 0 Å². The van der Waals surface area contributed by atoms with Crippen LogP contribution in [0.4, 0.5) is 0 Å². The summed E-state index contributed by atoms with van der Waals surface area (Å²) in [5.74, 6) is -0.0985. The van der Waals surface area contributed by atoms with E-state index < -0.39 is 6.04 Å². The van der Waals surface area contributed by atoms with Gasteiger partial charge >= 0.3 is 0 Å². The van der Waals surface area contributed by atoms with E-state index in [1.165, 1.54) is 0 Å². The molecule has 0 bridgehead atoms. The zero-order valence-corrected chi connectivity index (χ0v) is 10.9. The lowest BCUT2D eigenvalue weighted by molar-refractivity contribution is -0.533. The highest BCUT2D eigenvalue weighted by Crippen LogP contribution is 2.35. The van der Waals surface area contributed by atoms with Gasteiger partial charge in [-0.15, -0.1) is 0 Å². The van der Waals surface area contributed by atoms with Crippen molar-refractivity contribution >= 4 is 0 Å². The van der Waals surface area contributed by atoms with Gasteiger partial charge in [0, 0.05) is 10.5 Å². The zero-order valence-electron chi connectivity index (χ0n) is 10.9. The quantitative estimate of drug-likeness (QED) is 0.593. The largest absolute Gasteiger partial charge is 0.264 e. The first-order valence-corrected chi connectivity index (χ1v) is 6.47. The van der Waals surface area contributed by atoms with E-state index in [0.717, 1.165) is 17.5 Å². The molecule has 3 nitrogen and oxygen atoms in total. The van der Waals surface area contributed by atoms with E-state index in [-0.39, 0.29) is 10.8 Å². The van der Waals surface area contributed by atoms with Gasteiger partial charge in [0.25, 0.3) is 0 Å². The van der Waals surface area contributed by atoms with Gasteiger partial charge in [-0.25, -0.2) is 0 Å². The highest BCUT2D eigenvalue weighted by Gasteiger charge is 2.32. The topological polar surface area (TPSA) is 43.1 Å². The van der Waals surface area contributed by atoms with E-state index in [0.29, 0.717) is 0 Å². The Morgan fingerprint density at radius 3 is 1.84 bits per heavy atom. The number of rotatable bonds is 5. The molecule has 19 heavy (non-hydrogen) atoms. The monoisotopic (exact) mass is 255 g/mol. The van der Waals surface area contributed by atoms with Crippen molar-refractivity contribution in [3.05, 3.63) is 81.9 Å². The van der Waals surface area contributed by atoms with Crippen molar-refractivity contribution < 1.29 is 4.92 Å². The molecule has 0 saturated heterocycles. The molecular weight excluding hydrogens is 238 g/mol. The van der Waals surface area contributed by atoms with Crippen LogP contribution >= 0.6 is 0 Å². The summed E-state index contributed by atoms with van der Waals surface area (Å²) in [7, 11) is 0. The van der Waals surface area contributed by atoms with Gasteiger partial charge in [-0.3, -0.25) is 10.1 Å². The minimum atomic E-state index is -0.686. The molecule has 0 amide bonds. The Bertz CT molecular complexity index is 525. The molecule has 1 unspecified atom stereocenters. The molecule has 0 saturated carbocycles.